The molecule has 4 aromatic carbocycles. The summed E-state index contributed by atoms with van der Waals surface area (Å²) in [4.78, 5) is 112. The molecule has 2 saturated heterocycles. The van der Waals surface area contributed by atoms with Crippen LogP contribution in [0, 0.1) is 23.7 Å². The number of esters is 1. The lowest BCUT2D eigenvalue weighted by molar-refractivity contribution is -0.156. The first kappa shape index (κ1) is 67.9. The number of carbonyl (C=O) groups excluding carboxylic acids is 8. The number of amides is 7. The Morgan fingerprint density at radius 2 is 0.769 bits per heavy atom. The summed E-state index contributed by atoms with van der Waals surface area (Å²) in [6.45, 7) is 8.94. The molecule has 5 aliphatic rings. The summed E-state index contributed by atoms with van der Waals surface area (Å²) in [5, 5.41) is 15.6. The number of rotatable bonds is 36. The molecule has 0 unspecified atom stereocenters. The predicted octanol–water partition coefficient (Wildman–Crippen LogP) is 7.99. The first-order chi connectivity index (χ1) is 44.1. The van der Waals surface area contributed by atoms with Gasteiger partial charge >= 0.3 is 5.97 Å². The maximum atomic E-state index is 14.3. The minimum atomic E-state index is -0.754. The first-order valence-electron chi connectivity index (χ1n) is 33.3. The third kappa shape index (κ3) is 21.0. The van der Waals surface area contributed by atoms with Crippen LogP contribution in [0.2, 0.25) is 0 Å². The third-order valence-corrected chi connectivity index (χ3v) is 18.0. The van der Waals surface area contributed by atoms with Crippen molar-refractivity contribution < 1.29 is 57.3 Å². The molecule has 91 heavy (non-hydrogen) atoms. The van der Waals surface area contributed by atoms with Crippen molar-refractivity contribution in [2.45, 2.75) is 152 Å². The molecule has 490 valence electrons. The summed E-state index contributed by atoms with van der Waals surface area (Å²) < 4.78 is 21.7. The average molecular weight is 1250 g/mol. The molecule has 0 spiro atoms. The van der Waals surface area contributed by atoms with Crippen molar-refractivity contribution in [3.63, 3.8) is 0 Å². The topological polar surface area (TPSA) is 240 Å². The highest BCUT2D eigenvalue weighted by molar-refractivity contribution is 6.00. The molecular formula is C72H95N7O12. The van der Waals surface area contributed by atoms with Crippen LogP contribution in [0.4, 0.5) is 0 Å². The highest BCUT2D eigenvalue weighted by Crippen LogP contribution is 2.44. The maximum Gasteiger partial charge on any atom is 0.308 e. The predicted molar refractivity (Wildman–Crippen MR) is 345 cm³/mol. The van der Waals surface area contributed by atoms with E-state index in [0.717, 1.165) is 93.7 Å². The summed E-state index contributed by atoms with van der Waals surface area (Å²) in [5.74, 6) is -4.37. The Bertz CT molecular complexity index is 2960. The molecule has 0 radical (unpaired) electrons. The molecule has 10 atom stereocenters. The molecular weight excluding hydrogens is 1150 g/mol. The number of unbranched alkanes of at least 4 members (excludes halogenated alkanes) is 8. The largest absolute Gasteiger partial charge is 0.460 e. The Morgan fingerprint density at radius 3 is 1.18 bits per heavy atom. The van der Waals surface area contributed by atoms with Crippen molar-refractivity contribution >= 4 is 47.3 Å². The van der Waals surface area contributed by atoms with Gasteiger partial charge in [0.2, 0.25) is 29.5 Å². The first-order valence-corrected chi connectivity index (χ1v) is 33.3. The Balaban J connectivity index is 0.675. The van der Waals surface area contributed by atoms with Gasteiger partial charge in [0.05, 0.1) is 69.7 Å². The fraction of sp³-hybridized carbons (Fsp3) is 0.556. The third-order valence-electron chi connectivity index (χ3n) is 18.0. The summed E-state index contributed by atoms with van der Waals surface area (Å²) in [6, 6.07) is 36.3. The van der Waals surface area contributed by atoms with Crippen LogP contribution in [0.5, 0.6) is 0 Å². The van der Waals surface area contributed by atoms with Crippen molar-refractivity contribution in [3.8, 4) is 0 Å². The second kappa shape index (κ2) is 33.7. The van der Waals surface area contributed by atoms with Crippen molar-refractivity contribution in [3.05, 3.63) is 143 Å². The lowest BCUT2D eigenvalue weighted by Gasteiger charge is -2.19. The van der Waals surface area contributed by atoms with Crippen LogP contribution in [-0.4, -0.2) is 160 Å². The van der Waals surface area contributed by atoms with E-state index in [1.807, 2.05) is 75.4 Å². The molecule has 5 fully saturated rings. The maximum absolute atomic E-state index is 14.3. The highest BCUT2D eigenvalue weighted by Gasteiger charge is 2.50. The van der Waals surface area contributed by atoms with Crippen LogP contribution in [-0.2, 0) is 47.7 Å². The molecule has 4 aromatic rings. The quantitative estimate of drug-likeness (QED) is 0.0215. The Kier molecular flexibility index (Phi) is 25.2. The minimum absolute atomic E-state index is 0.0221. The van der Waals surface area contributed by atoms with Gasteiger partial charge in [-0.3, -0.25) is 38.4 Å². The lowest BCUT2D eigenvalue weighted by Crippen LogP contribution is -2.43. The van der Waals surface area contributed by atoms with Crippen LogP contribution in [0.3, 0.4) is 0 Å². The van der Waals surface area contributed by atoms with Crippen LogP contribution >= 0.6 is 0 Å². The second-order valence-electron chi connectivity index (χ2n) is 26.3. The number of nitrogens with zero attached hydrogens (tertiary/aromatic N) is 2. The van der Waals surface area contributed by atoms with Gasteiger partial charge in [-0.15, -0.1) is 0 Å². The summed E-state index contributed by atoms with van der Waals surface area (Å²) in [6.07, 6.45) is 12.0. The van der Waals surface area contributed by atoms with Crippen molar-refractivity contribution in [2.24, 2.45) is 23.7 Å². The smallest absolute Gasteiger partial charge is 0.308 e. The van der Waals surface area contributed by atoms with E-state index < -0.39 is 29.3 Å². The van der Waals surface area contributed by atoms with E-state index in [-0.39, 0.29) is 122 Å². The molecule has 19 nitrogen and oxygen atoms in total. The molecule has 2 aliphatic heterocycles. The Labute approximate surface area is 536 Å². The van der Waals surface area contributed by atoms with Crippen LogP contribution in [0.15, 0.2) is 115 Å². The van der Waals surface area contributed by atoms with E-state index in [1.165, 1.54) is 0 Å². The monoisotopic (exact) mass is 1250 g/mol. The average Bonchev–Trinajstić information content (AvgIpc) is 1.76. The van der Waals surface area contributed by atoms with Crippen molar-refractivity contribution in [1.82, 2.24) is 36.4 Å². The van der Waals surface area contributed by atoms with Crippen LogP contribution in [0.25, 0.3) is 0 Å². The number of hydrogen-bond acceptors (Lipinski definition) is 12. The fourth-order valence-electron chi connectivity index (χ4n) is 12.7. The summed E-state index contributed by atoms with van der Waals surface area (Å²) in [7, 11) is 0. The van der Waals surface area contributed by atoms with Gasteiger partial charge in [0.1, 0.15) is 5.60 Å². The van der Waals surface area contributed by atoms with E-state index in [4.69, 9.17) is 18.9 Å². The molecule has 3 saturated carbocycles. The number of nitrogens with one attached hydrogen (secondary N) is 5. The Hall–Kier alpha value is -7.48. The number of carbonyl (C=O) groups is 8. The molecule has 7 amide bonds. The van der Waals surface area contributed by atoms with Gasteiger partial charge in [0, 0.05) is 92.7 Å². The van der Waals surface area contributed by atoms with Gasteiger partial charge in [-0.05, 0) is 93.8 Å². The second-order valence-corrected chi connectivity index (χ2v) is 26.3. The number of ether oxygens (including phenoxy) is 4. The number of hydrogen-bond donors (Lipinski definition) is 5. The van der Waals surface area contributed by atoms with E-state index in [9.17, 15) is 38.4 Å². The fourth-order valence-corrected chi connectivity index (χ4v) is 12.7. The van der Waals surface area contributed by atoms with Crippen molar-refractivity contribution in [2.75, 3.05) is 78.9 Å². The minimum Gasteiger partial charge on any atom is -0.460 e. The summed E-state index contributed by atoms with van der Waals surface area (Å²) >= 11 is 0. The van der Waals surface area contributed by atoms with E-state index in [1.54, 1.807) is 34.1 Å². The number of benzene rings is 4. The van der Waals surface area contributed by atoms with E-state index >= 15 is 0 Å². The molecule has 5 N–H and O–H groups in total. The lowest BCUT2D eigenvalue weighted by atomic mass is 9.94. The molecule has 19 heteroatoms. The van der Waals surface area contributed by atoms with Gasteiger partial charge in [0.25, 0.3) is 11.8 Å². The number of likely N-dealkylation sites (tertiary alicyclic amines) is 2. The zero-order valence-electron chi connectivity index (χ0n) is 53.4. The molecule has 3 aliphatic carbocycles. The van der Waals surface area contributed by atoms with Gasteiger partial charge in [-0.25, -0.2) is 0 Å². The van der Waals surface area contributed by atoms with Crippen LogP contribution in [0.1, 0.15) is 166 Å². The molecule has 9 rings (SSSR count). The van der Waals surface area contributed by atoms with Gasteiger partial charge in [-0.1, -0.05) is 136 Å². The Morgan fingerprint density at radius 1 is 0.407 bits per heavy atom. The van der Waals surface area contributed by atoms with Crippen LogP contribution < -0.4 is 26.6 Å². The van der Waals surface area contributed by atoms with Gasteiger partial charge in [-0.2, -0.15) is 0 Å². The zero-order chi connectivity index (χ0) is 64.1. The van der Waals surface area contributed by atoms with E-state index in [2.05, 4.69) is 63.0 Å². The molecule has 0 bridgehead atoms. The van der Waals surface area contributed by atoms with Gasteiger partial charge < -0.3 is 55.3 Å². The van der Waals surface area contributed by atoms with Crippen molar-refractivity contribution in [1.29, 1.82) is 0 Å². The summed E-state index contributed by atoms with van der Waals surface area (Å²) in [5.41, 5.74) is 3.57. The highest BCUT2D eigenvalue weighted by atomic mass is 16.6. The van der Waals surface area contributed by atoms with E-state index in [0.29, 0.717) is 63.7 Å². The SMILES string of the molecule is CC(C)(C)OC(=O)CCOCCOCCOCCNC(=O)CCCCCCCCCCCNC(=O)[C@@H]1CN(C(=O)c2ccc(C(=O)N3C[C@@H](C(=O)N[C@H]4C[C@@H]4c4ccccc4)[C@H](C(=O)N[C@H]4C[C@@H]4c4ccccc4)C3)cc2)C[C@H]1C(=O)N[C@H]1C[C@@H]1c1ccccc1. The normalized spacial score (nSPS) is 23.0. The standard InChI is InChI=1S/C72H95N7O12/c1-72(2,3)91-65(81)33-36-88-38-40-90-41-39-89-37-35-73-64(80)28-20-9-7-5-4-6-8-10-21-34-74-66(82)57-45-78(46-58(57)67(83)75-61-42-54(61)49-22-14-11-15-23-49)70(86)52-29-31-53(32-30-52)71(87)79-47-59(68(84)76-62-43-55(62)50-24-16-12-17-25-50)60(48-79)69(85)77-63-44-56(63)51-26-18-13-19-27-51/h11-19,22-27,29-32,54-63H,4-10,20-21,28,33-48H2,1-3H3,(H,73,80)(H,74,82)(H,75,83)(H,76,84)(H,77,85)/t54-,55-,56-,57-,58-,59-,60-,61+,62+,63+/m1/s1. The molecule has 0 aromatic heterocycles. The van der Waals surface area contributed by atoms with Gasteiger partial charge in [0.15, 0.2) is 0 Å². The molecule has 2 heterocycles. The zero-order valence-corrected chi connectivity index (χ0v) is 53.4.